The van der Waals surface area contributed by atoms with Crippen LogP contribution < -0.4 is 0 Å². The molecule has 14 heavy (non-hydrogen) atoms. The summed E-state index contributed by atoms with van der Waals surface area (Å²) in [6.07, 6.45) is 6.57. The lowest BCUT2D eigenvalue weighted by Gasteiger charge is -2.35. The molecule has 1 saturated heterocycles. The molecule has 1 aliphatic carbocycles. The Labute approximate surface area is 84.3 Å². The maximum Gasteiger partial charge on any atom is 0.247 e. The largest absolute Gasteiger partial charge is 0.495 e. The molecule has 78 valence electrons. The number of hydrogen-bond donors (Lipinski definition) is 0. The van der Waals surface area contributed by atoms with Crippen molar-refractivity contribution in [1.82, 2.24) is 0 Å². The van der Waals surface area contributed by atoms with E-state index < -0.39 is 5.79 Å². The first kappa shape index (κ1) is 9.59. The van der Waals surface area contributed by atoms with Gasteiger partial charge < -0.3 is 14.2 Å². The van der Waals surface area contributed by atoms with E-state index in [1.165, 1.54) is 12.5 Å². The van der Waals surface area contributed by atoms with Crippen LogP contribution >= 0.6 is 0 Å². The molecule has 3 unspecified atom stereocenters. The highest BCUT2D eigenvalue weighted by Gasteiger charge is 2.54. The maximum absolute atomic E-state index is 5.82. The van der Waals surface area contributed by atoms with Crippen LogP contribution in [-0.2, 0) is 14.2 Å². The molecule has 2 fully saturated rings. The van der Waals surface area contributed by atoms with Crippen LogP contribution in [0.5, 0.6) is 0 Å². The van der Waals surface area contributed by atoms with Crippen LogP contribution in [-0.4, -0.2) is 18.5 Å². The standard InChI is InChI=1S/C11H16O3/c1-3-12-8-11(13-4-2)9-5-6-10(7-9)14-11/h3-4,9-10H,1-2,5-8H2. The van der Waals surface area contributed by atoms with Gasteiger partial charge in [-0.2, -0.15) is 0 Å². The van der Waals surface area contributed by atoms with Gasteiger partial charge in [-0.3, -0.25) is 0 Å². The van der Waals surface area contributed by atoms with E-state index in [1.54, 1.807) is 0 Å². The topological polar surface area (TPSA) is 27.7 Å². The SMILES string of the molecule is C=COCC1(OC=C)OC2CCC1C2. The van der Waals surface area contributed by atoms with E-state index >= 15 is 0 Å². The molecule has 3 nitrogen and oxygen atoms in total. The zero-order valence-electron chi connectivity index (χ0n) is 8.28. The summed E-state index contributed by atoms with van der Waals surface area (Å²) in [4.78, 5) is 0. The molecule has 0 amide bonds. The Kier molecular flexibility index (Phi) is 2.50. The lowest BCUT2D eigenvalue weighted by Crippen LogP contribution is -2.44. The predicted octanol–water partition coefficient (Wildman–Crippen LogP) is 2.20. The van der Waals surface area contributed by atoms with Gasteiger partial charge in [0.2, 0.25) is 5.79 Å². The molecule has 2 rings (SSSR count). The molecule has 0 radical (unpaired) electrons. The van der Waals surface area contributed by atoms with Crippen molar-refractivity contribution in [1.29, 1.82) is 0 Å². The highest BCUT2D eigenvalue weighted by Crippen LogP contribution is 2.47. The second-order valence-electron chi connectivity index (χ2n) is 3.82. The van der Waals surface area contributed by atoms with E-state index in [2.05, 4.69) is 13.2 Å². The first-order valence-corrected chi connectivity index (χ1v) is 5.00. The van der Waals surface area contributed by atoms with Gasteiger partial charge in [0.15, 0.2) is 6.61 Å². The van der Waals surface area contributed by atoms with E-state index in [0.29, 0.717) is 18.6 Å². The lowest BCUT2D eigenvalue weighted by atomic mass is 9.98. The summed E-state index contributed by atoms with van der Waals surface area (Å²) in [5.41, 5.74) is 0. The third-order valence-electron chi connectivity index (χ3n) is 3.06. The molecule has 0 N–H and O–H groups in total. The first-order chi connectivity index (χ1) is 6.80. The lowest BCUT2D eigenvalue weighted by molar-refractivity contribution is -0.251. The molecule has 1 saturated carbocycles. The number of rotatable bonds is 5. The van der Waals surface area contributed by atoms with E-state index in [9.17, 15) is 0 Å². The van der Waals surface area contributed by atoms with Gasteiger partial charge in [0, 0.05) is 5.92 Å². The minimum atomic E-state index is -0.598. The molecule has 2 aliphatic rings. The first-order valence-electron chi connectivity index (χ1n) is 5.00. The molecule has 3 heteroatoms. The summed E-state index contributed by atoms with van der Waals surface area (Å²) in [6.45, 7) is 7.50. The van der Waals surface area contributed by atoms with Crippen LogP contribution in [0, 0.1) is 5.92 Å². The molecule has 0 aromatic heterocycles. The third kappa shape index (κ3) is 1.42. The van der Waals surface area contributed by atoms with Gasteiger partial charge in [0.05, 0.1) is 18.6 Å². The molecule has 1 heterocycles. The van der Waals surface area contributed by atoms with Crippen molar-refractivity contribution >= 4 is 0 Å². The molecular formula is C11H16O3. The quantitative estimate of drug-likeness (QED) is 0.631. The average molecular weight is 196 g/mol. The van der Waals surface area contributed by atoms with Crippen molar-refractivity contribution in [3.8, 4) is 0 Å². The summed E-state index contributed by atoms with van der Waals surface area (Å²) in [5, 5.41) is 0. The number of fused-ring (bicyclic) bond motifs is 2. The van der Waals surface area contributed by atoms with E-state index in [1.807, 2.05) is 0 Å². The molecule has 0 aromatic rings. The second-order valence-corrected chi connectivity index (χ2v) is 3.82. The van der Waals surface area contributed by atoms with Crippen LogP contribution in [0.4, 0.5) is 0 Å². The molecule has 1 aliphatic heterocycles. The summed E-state index contributed by atoms with van der Waals surface area (Å²) in [6, 6.07) is 0. The van der Waals surface area contributed by atoms with E-state index in [4.69, 9.17) is 14.2 Å². The van der Waals surface area contributed by atoms with Gasteiger partial charge in [-0.25, -0.2) is 0 Å². The Hall–Kier alpha value is -0.960. The number of hydrogen-bond acceptors (Lipinski definition) is 3. The van der Waals surface area contributed by atoms with Gasteiger partial charge in [-0.15, -0.1) is 0 Å². The van der Waals surface area contributed by atoms with Crippen LogP contribution in [0.15, 0.2) is 25.7 Å². The Morgan fingerprint density at radius 2 is 2.21 bits per heavy atom. The van der Waals surface area contributed by atoms with Gasteiger partial charge in [-0.1, -0.05) is 13.2 Å². The second kappa shape index (κ2) is 3.65. The van der Waals surface area contributed by atoms with Gasteiger partial charge in [0.25, 0.3) is 0 Å². The summed E-state index contributed by atoms with van der Waals surface area (Å²) < 4.78 is 16.5. The molecule has 0 spiro atoms. The molecular weight excluding hydrogens is 180 g/mol. The average Bonchev–Trinajstić information content (AvgIpc) is 2.75. The van der Waals surface area contributed by atoms with Gasteiger partial charge >= 0.3 is 0 Å². The maximum atomic E-state index is 5.82. The summed E-state index contributed by atoms with van der Waals surface area (Å²) in [7, 11) is 0. The zero-order valence-corrected chi connectivity index (χ0v) is 8.28. The van der Waals surface area contributed by atoms with Crippen molar-refractivity contribution in [2.24, 2.45) is 5.92 Å². The fourth-order valence-electron chi connectivity index (χ4n) is 2.45. The molecule has 0 aromatic carbocycles. The minimum Gasteiger partial charge on any atom is -0.495 e. The summed E-state index contributed by atoms with van der Waals surface area (Å²) in [5.74, 6) is -0.163. The van der Waals surface area contributed by atoms with Crippen molar-refractivity contribution < 1.29 is 14.2 Å². The Bertz CT molecular complexity index is 239. The van der Waals surface area contributed by atoms with Crippen LogP contribution in [0.1, 0.15) is 19.3 Å². The minimum absolute atomic E-state index is 0.341. The van der Waals surface area contributed by atoms with Crippen molar-refractivity contribution in [3.05, 3.63) is 25.7 Å². The Balaban J connectivity index is 2.06. The van der Waals surface area contributed by atoms with Crippen molar-refractivity contribution in [2.45, 2.75) is 31.2 Å². The molecule has 3 atom stereocenters. The predicted molar refractivity (Wildman–Crippen MR) is 52.4 cm³/mol. The van der Waals surface area contributed by atoms with Crippen LogP contribution in [0.25, 0.3) is 0 Å². The fraction of sp³-hybridized carbons (Fsp3) is 0.636. The third-order valence-corrected chi connectivity index (χ3v) is 3.06. The number of ether oxygens (including phenoxy) is 3. The normalized spacial score (nSPS) is 39.4. The van der Waals surface area contributed by atoms with Crippen LogP contribution in [0.3, 0.4) is 0 Å². The summed E-state index contributed by atoms with van der Waals surface area (Å²) >= 11 is 0. The highest BCUT2D eigenvalue weighted by atomic mass is 16.7. The van der Waals surface area contributed by atoms with Gasteiger partial charge in [0.1, 0.15) is 0 Å². The Morgan fingerprint density at radius 3 is 2.71 bits per heavy atom. The van der Waals surface area contributed by atoms with Crippen LogP contribution in [0.2, 0.25) is 0 Å². The monoisotopic (exact) mass is 196 g/mol. The fourth-order valence-corrected chi connectivity index (χ4v) is 2.45. The van der Waals surface area contributed by atoms with E-state index in [-0.39, 0.29) is 0 Å². The zero-order chi connectivity index (χ0) is 10.0. The van der Waals surface area contributed by atoms with Crippen molar-refractivity contribution in [2.75, 3.05) is 6.61 Å². The smallest absolute Gasteiger partial charge is 0.247 e. The van der Waals surface area contributed by atoms with Gasteiger partial charge in [-0.05, 0) is 19.3 Å². The highest BCUT2D eigenvalue weighted by molar-refractivity contribution is 4.96. The Morgan fingerprint density at radius 1 is 1.36 bits per heavy atom. The molecule has 2 bridgehead atoms. The van der Waals surface area contributed by atoms with E-state index in [0.717, 1.165) is 19.3 Å². The van der Waals surface area contributed by atoms with Crippen molar-refractivity contribution in [3.63, 3.8) is 0 Å².